The van der Waals surface area contributed by atoms with Crippen LogP contribution in [0.2, 0.25) is 0 Å². The third-order valence-corrected chi connectivity index (χ3v) is 3.24. The highest BCUT2D eigenvalue weighted by molar-refractivity contribution is 6.07. The molecule has 0 aliphatic rings. The molecule has 106 valence electrons. The fourth-order valence-electron chi connectivity index (χ4n) is 2.33. The summed E-state index contributed by atoms with van der Waals surface area (Å²) in [5.74, 6) is -1.51. The summed E-state index contributed by atoms with van der Waals surface area (Å²) in [6.45, 7) is 0. The van der Waals surface area contributed by atoms with Gasteiger partial charge in [-0.05, 0) is 24.3 Å². The lowest BCUT2D eigenvalue weighted by atomic mass is 10.0. The number of phenolic OH excluding ortho intramolecular Hbond substituents is 1. The molecule has 1 heterocycles. The Kier molecular flexibility index (Phi) is 2.79. The molecular weight excluding hydrogens is 276 g/mol. The zero-order valence-electron chi connectivity index (χ0n) is 10.9. The fraction of sp³-hybridized carbons (Fsp3) is 0.0667. The molecule has 0 atom stereocenters. The Bertz CT molecular complexity index is 938. The summed E-state index contributed by atoms with van der Waals surface area (Å²) >= 11 is 0. The topological polar surface area (TPSA) is 97.0 Å². The molecule has 0 unspecified atom stereocenters. The van der Waals surface area contributed by atoms with Crippen molar-refractivity contribution in [1.29, 1.82) is 0 Å². The van der Waals surface area contributed by atoms with Crippen molar-refractivity contribution in [3.05, 3.63) is 46.1 Å². The Morgan fingerprint density at radius 2 is 1.86 bits per heavy atom. The number of rotatable bonds is 2. The van der Waals surface area contributed by atoms with Crippen LogP contribution in [0.3, 0.4) is 0 Å². The van der Waals surface area contributed by atoms with Gasteiger partial charge in [-0.3, -0.25) is 4.79 Å². The highest BCUT2D eigenvalue weighted by Crippen LogP contribution is 2.30. The molecule has 0 saturated carbocycles. The first-order valence-electron chi connectivity index (χ1n) is 6.03. The zero-order valence-corrected chi connectivity index (χ0v) is 10.9. The van der Waals surface area contributed by atoms with Crippen LogP contribution in [0.4, 0.5) is 0 Å². The van der Waals surface area contributed by atoms with Crippen LogP contribution in [0, 0.1) is 0 Å². The Morgan fingerprint density at radius 3 is 2.52 bits per heavy atom. The van der Waals surface area contributed by atoms with E-state index in [2.05, 4.69) is 0 Å². The molecule has 0 fully saturated rings. The van der Waals surface area contributed by atoms with Crippen molar-refractivity contribution in [1.82, 2.24) is 0 Å². The minimum absolute atomic E-state index is 0.0528. The van der Waals surface area contributed by atoms with Crippen LogP contribution in [0.1, 0.15) is 10.4 Å². The molecule has 3 rings (SSSR count). The summed E-state index contributed by atoms with van der Waals surface area (Å²) < 4.78 is 10.5. The average molecular weight is 286 g/mol. The van der Waals surface area contributed by atoms with Crippen LogP contribution in [0.5, 0.6) is 11.5 Å². The largest absolute Gasteiger partial charge is 0.507 e. The van der Waals surface area contributed by atoms with Gasteiger partial charge in [0.05, 0.1) is 12.5 Å². The quantitative estimate of drug-likeness (QED) is 0.702. The molecule has 2 aromatic carbocycles. The average Bonchev–Trinajstić information content (AvgIpc) is 2.46. The Hall–Kier alpha value is -3.02. The Balaban J connectivity index is 2.63. The number of phenols is 1. The molecule has 6 nitrogen and oxygen atoms in total. The van der Waals surface area contributed by atoms with Gasteiger partial charge in [0, 0.05) is 0 Å². The van der Waals surface area contributed by atoms with Gasteiger partial charge in [-0.15, -0.1) is 0 Å². The first-order valence-corrected chi connectivity index (χ1v) is 6.03. The van der Waals surface area contributed by atoms with Crippen molar-refractivity contribution in [3.8, 4) is 11.5 Å². The lowest BCUT2D eigenvalue weighted by Gasteiger charge is -2.09. The van der Waals surface area contributed by atoms with Gasteiger partial charge >= 0.3 is 5.97 Å². The van der Waals surface area contributed by atoms with E-state index < -0.39 is 11.4 Å². The predicted octanol–water partition coefficient (Wildman–Crippen LogP) is 2.36. The number of hydrogen-bond donors (Lipinski definition) is 2. The van der Waals surface area contributed by atoms with Crippen LogP contribution in [0.15, 0.2) is 39.5 Å². The number of methoxy groups -OCH3 is 1. The lowest BCUT2D eigenvalue weighted by Crippen LogP contribution is -2.10. The third kappa shape index (κ3) is 1.80. The van der Waals surface area contributed by atoms with E-state index in [1.165, 1.54) is 37.4 Å². The first kappa shape index (κ1) is 13.0. The standard InChI is InChI=1S/C15H10O6/c1-20-8-5-6-10-12(13(8)15(18)19)14(17)11-7(16)3-2-4-9(11)21-10/h2-6,16H,1H3,(H,18,19). The lowest BCUT2D eigenvalue weighted by molar-refractivity contribution is 0.0695. The number of carboxylic acid groups (broad SMARTS) is 1. The highest BCUT2D eigenvalue weighted by Gasteiger charge is 2.21. The molecule has 0 radical (unpaired) electrons. The summed E-state index contributed by atoms with van der Waals surface area (Å²) in [6, 6.07) is 7.29. The van der Waals surface area contributed by atoms with Gasteiger partial charge in [0.25, 0.3) is 0 Å². The van der Waals surface area contributed by atoms with E-state index in [0.717, 1.165) is 0 Å². The van der Waals surface area contributed by atoms with Gasteiger partial charge in [-0.25, -0.2) is 4.79 Å². The number of carboxylic acids is 1. The van der Waals surface area contributed by atoms with E-state index >= 15 is 0 Å². The van der Waals surface area contributed by atoms with Crippen LogP contribution < -0.4 is 10.2 Å². The smallest absolute Gasteiger partial charge is 0.340 e. The summed E-state index contributed by atoms with van der Waals surface area (Å²) in [4.78, 5) is 24.0. The van der Waals surface area contributed by atoms with Crippen molar-refractivity contribution in [2.45, 2.75) is 0 Å². The summed E-state index contributed by atoms with van der Waals surface area (Å²) in [7, 11) is 1.31. The van der Waals surface area contributed by atoms with Gasteiger partial charge in [-0.2, -0.15) is 0 Å². The van der Waals surface area contributed by atoms with E-state index in [1.54, 1.807) is 0 Å². The first-order chi connectivity index (χ1) is 10.0. The monoisotopic (exact) mass is 286 g/mol. The van der Waals surface area contributed by atoms with E-state index in [4.69, 9.17) is 9.15 Å². The Labute approximate surface area is 117 Å². The number of ether oxygens (including phenoxy) is 1. The van der Waals surface area contributed by atoms with E-state index in [0.29, 0.717) is 0 Å². The molecule has 0 saturated heterocycles. The second kappa shape index (κ2) is 4.52. The fourth-order valence-corrected chi connectivity index (χ4v) is 2.33. The summed E-state index contributed by atoms with van der Waals surface area (Å²) in [5.41, 5.74) is -0.583. The molecule has 21 heavy (non-hydrogen) atoms. The van der Waals surface area contributed by atoms with Gasteiger partial charge in [-0.1, -0.05) is 6.07 Å². The SMILES string of the molecule is COc1ccc2oc3cccc(O)c3c(=O)c2c1C(=O)O. The maximum atomic E-state index is 12.6. The summed E-state index contributed by atoms with van der Waals surface area (Å²) in [5, 5.41) is 19.0. The van der Waals surface area contributed by atoms with Crippen LogP contribution in [0.25, 0.3) is 21.9 Å². The van der Waals surface area contributed by atoms with Crippen molar-refractivity contribution in [3.63, 3.8) is 0 Å². The number of fused-ring (bicyclic) bond motifs is 2. The van der Waals surface area contributed by atoms with Crippen LogP contribution in [-0.2, 0) is 0 Å². The van der Waals surface area contributed by atoms with Crippen LogP contribution >= 0.6 is 0 Å². The summed E-state index contributed by atoms with van der Waals surface area (Å²) in [6.07, 6.45) is 0. The third-order valence-electron chi connectivity index (χ3n) is 3.24. The van der Waals surface area contributed by atoms with Gasteiger partial charge in [0.1, 0.15) is 33.6 Å². The molecule has 0 aliphatic carbocycles. The van der Waals surface area contributed by atoms with Crippen molar-refractivity contribution < 1.29 is 24.2 Å². The van der Waals surface area contributed by atoms with Crippen molar-refractivity contribution in [2.75, 3.05) is 7.11 Å². The molecule has 1 aromatic heterocycles. The van der Waals surface area contributed by atoms with Crippen LogP contribution in [-0.4, -0.2) is 23.3 Å². The number of aromatic hydroxyl groups is 1. The second-order valence-corrected chi connectivity index (χ2v) is 4.40. The zero-order chi connectivity index (χ0) is 15.1. The number of benzene rings is 2. The van der Waals surface area contributed by atoms with Crippen molar-refractivity contribution >= 4 is 27.9 Å². The number of hydrogen-bond acceptors (Lipinski definition) is 5. The minimum Gasteiger partial charge on any atom is -0.507 e. The van der Waals surface area contributed by atoms with Gasteiger partial charge in [0.15, 0.2) is 0 Å². The maximum Gasteiger partial charge on any atom is 0.340 e. The molecule has 0 aliphatic heterocycles. The molecule has 0 amide bonds. The number of carbonyl (C=O) groups is 1. The maximum absolute atomic E-state index is 12.6. The number of aromatic carboxylic acids is 1. The predicted molar refractivity (Wildman–Crippen MR) is 75.2 cm³/mol. The molecular formula is C15H10O6. The Morgan fingerprint density at radius 1 is 1.14 bits per heavy atom. The van der Waals surface area contributed by atoms with Gasteiger partial charge < -0.3 is 19.4 Å². The van der Waals surface area contributed by atoms with Crippen molar-refractivity contribution in [2.24, 2.45) is 0 Å². The molecule has 6 heteroatoms. The molecule has 0 spiro atoms. The minimum atomic E-state index is -1.31. The second-order valence-electron chi connectivity index (χ2n) is 4.40. The van der Waals surface area contributed by atoms with E-state index in [-0.39, 0.29) is 39.0 Å². The molecule has 0 bridgehead atoms. The molecule has 2 N–H and O–H groups in total. The molecule has 3 aromatic rings. The van der Waals surface area contributed by atoms with Gasteiger partial charge in [0.2, 0.25) is 5.43 Å². The highest BCUT2D eigenvalue weighted by atomic mass is 16.5. The van der Waals surface area contributed by atoms with E-state index in [1.807, 2.05) is 0 Å². The van der Waals surface area contributed by atoms with E-state index in [9.17, 15) is 19.8 Å². The normalized spacial score (nSPS) is 10.9.